The van der Waals surface area contributed by atoms with Gasteiger partial charge in [-0.05, 0) is 58.8 Å². The number of aliphatic carboxylic acids is 1. The summed E-state index contributed by atoms with van der Waals surface area (Å²) in [6, 6.07) is -1.13. The SMILES string of the molecule is CC1=CC2OC(C)CCC(C)(CO)[C@@]2(COC(=O)C(NC(=O)C(C)O)[C@H](C)CCOC(=O)/C=C/C=C\C(=O)O)CC1. The zero-order valence-corrected chi connectivity index (χ0v) is 24.6. The molecule has 230 valence electrons. The predicted octanol–water partition coefficient (Wildman–Crippen LogP) is 2.45. The molecule has 11 nitrogen and oxygen atoms in total. The number of hydrogen-bond donors (Lipinski definition) is 4. The van der Waals surface area contributed by atoms with Gasteiger partial charge >= 0.3 is 17.9 Å². The van der Waals surface area contributed by atoms with Crippen molar-refractivity contribution in [2.24, 2.45) is 16.7 Å². The smallest absolute Gasteiger partial charge is 0.330 e. The summed E-state index contributed by atoms with van der Waals surface area (Å²) in [6.45, 7) is 8.79. The van der Waals surface area contributed by atoms with Gasteiger partial charge in [-0.15, -0.1) is 0 Å². The van der Waals surface area contributed by atoms with Gasteiger partial charge in [0.05, 0.1) is 18.8 Å². The average Bonchev–Trinajstić information content (AvgIpc) is 3.02. The first kappa shape index (κ1) is 34.2. The number of allylic oxidation sites excluding steroid dienone is 3. The monoisotopic (exact) mass is 579 g/mol. The van der Waals surface area contributed by atoms with E-state index in [-0.39, 0.29) is 38.4 Å². The lowest BCUT2D eigenvalue weighted by atomic mass is 9.56. The first-order valence-electron chi connectivity index (χ1n) is 14.1. The van der Waals surface area contributed by atoms with E-state index in [1.807, 2.05) is 20.8 Å². The molecule has 1 aliphatic carbocycles. The maximum absolute atomic E-state index is 13.5. The molecule has 0 saturated carbocycles. The summed E-state index contributed by atoms with van der Waals surface area (Å²) in [7, 11) is 0. The molecule has 4 N–H and O–H groups in total. The second kappa shape index (κ2) is 15.3. The standard InChI is InChI=1S/C30H45NO10/c1-19-10-14-30(23(16-19)41-21(3)11-13-29(30,5)17-32)18-40-28(38)26(31-27(37)22(4)33)20(2)12-15-39-25(36)9-7-6-8-24(34)35/h6-9,16,20-23,26,32-33H,10-15,17-18H2,1-5H3,(H,31,37)(H,34,35)/b8-6-,9-7+/t20-,21?,22?,23?,26?,29?,30-/m1/s1. The van der Waals surface area contributed by atoms with Crippen LogP contribution in [-0.2, 0) is 33.4 Å². The van der Waals surface area contributed by atoms with Gasteiger partial charge in [-0.2, -0.15) is 0 Å². The van der Waals surface area contributed by atoms with Crippen LogP contribution in [0.5, 0.6) is 0 Å². The van der Waals surface area contributed by atoms with E-state index in [1.54, 1.807) is 6.92 Å². The van der Waals surface area contributed by atoms with Crippen molar-refractivity contribution < 1.29 is 48.7 Å². The van der Waals surface area contributed by atoms with E-state index in [4.69, 9.17) is 19.3 Å². The van der Waals surface area contributed by atoms with E-state index in [1.165, 1.54) is 24.6 Å². The largest absolute Gasteiger partial charge is 0.478 e. The number of aliphatic hydroxyl groups is 2. The number of hydrogen-bond acceptors (Lipinski definition) is 9. The summed E-state index contributed by atoms with van der Waals surface area (Å²) in [6.07, 6.45) is 7.71. The highest BCUT2D eigenvalue weighted by atomic mass is 16.5. The van der Waals surface area contributed by atoms with Gasteiger partial charge in [0.1, 0.15) is 18.8 Å². The molecule has 1 saturated heterocycles. The number of esters is 2. The third kappa shape index (κ3) is 9.24. The predicted molar refractivity (Wildman–Crippen MR) is 149 cm³/mol. The molecule has 0 aromatic heterocycles. The fraction of sp³-hybridized carbons (Fsp3) is 0.667. The molecule has 2 rings (SSSR count). The second-order valence-electron chi connectivity index (χ2n) is 11.6. The zero-order chi connectivity index (χ0) is 30.8. The van der Waals surface area contributed by atoms with Crippen molar-refractivity contribution in [1.82, 2.24) is 5.32 Å². The number of carboxylic acids is 1. The normalized spacial score (nSPS) is 28.6. The van der Waals surface area contributed by atoms with Crippen LogP contribution >= 0.6 is 0 Å². The molecule has 1 aliphatic heterocycles. The zero-order valence-electron chi connectivity index (χ0n) is 24.6. The first-order valence-corrected chi connectivity index (χ1v) is 14.1. The molecular weight excluding hydrogens is 534 g/mol. The van der Waals surface area contributed by atoms with Crippen LogP contribution in [-0.4, -0.2) is 83.3 Å². The Balaban J connectivity index is 2.17. The number of fused-ring (bicyclic) bond motifs is 1. The van der Waals surface area contributed by atoms with Gasteiger partial charge in [0, 0.05) is 29.6 Å². The van der Waals surface area contributed by atoms with Gasteiger partial charge < -0.3 is 34.8 Å². The Bertz CT molecular complexity index is 1030. The Kier molecular flexibility index (Phi) is 12.7. The number of aliphatic hydroxyl groups excluding tert-OH is 2. The Morgan fingerprint density at radius 2 is 1.85 bits per heavy atom. The van der Waals surface area contributed by atoms with Gasteiger partial charge in [0.15, 0.2) is 0 Å². The average molecular weight is 580 g/mol. The third-order valence-corrected chi connectivity index (χ3v) is 8.35. The van der Waals surface area contributed by atoms with Crippen molar-refractivity contribution >= 4 is 23.8 Å². The van der Waals surface area contributed by atoms with Crippen LogP contribution in [0.25, 0.3) is 0 Å². The van der Waals surface area contributed by atoms with E-state index < -0.39 is 52.7 Å². The van der Waals surface area contributed by atoms with Gasteiger partial charge in [0.25, 0.3) is 0 Å². The molecule has 0 spiro atoms. The molecule has 1 fully saturated rings. The second-order valence-corrected chi connectivity index (χ2v) is 11.6. The first-order chi connectivity index (χ1) is 19.2. The van der Waals surface area contributed by atoms with Crippen molar-refractivity contribution in [1.29, 1.82) is 0 Å². The van der Waals surface area contributed by atoms with E-state index >= 15 is 0 Å². The van der Waals surface area contributed by atoms with Crippen LogP contribution in [0.3, 0.4) is 0 Å². The van der Waals surface area contributed by atoms with Crippen LogP contribution in [0.4, 0.5) is 0 Å². The molecule has 0 aromatic carbocycles. The number of carbonyl (C=O) groups is 4. The van der Waals surface area contributed by atoms with Crippen molar-refractivity contribution in [3.63, 3.8) is 0 Å². The van der Waals surface area contributed by atoms with Crippen LogP contribution in [0.2, 0.25) is 0 Å². The van der Waals surface area contributed by atoms with Crippen molar-refractivity contribution in [3.8, 4) is 0 Å². The van der Waals surface area contributed by atoms with E-state index in [0.29, 0.717) is 12.8 Å². The van der Waals surface area contributed by atoms with Gasteiger partial charge in [-0.3, -0.25) is 4.79 Å². The Labute approximate surface area is 241 Å². The quantitative estimate of drug-likeness (QED) is 0.110. The third-order valence-electron chi connectivity index (χ3n) is 8.35. The lowest BCUT2D eigenvalue weighted by Gasteiger charge is -2.51. The minimum Gasteiger partial charge on any atom is -0.478 e. The summed E-state index contributed by atoms with van der Waals surface area (Å²) in [5.74, 6) is -3.83. The molecule has 0 bridgehead atoms. The summed E-state index contributed by atoms with van der Waals surface area (Å²) in [5, 5.41) is 31.4. The lowest BCUT2D eigenvalue weighted by Crippen LogP contribution is -2.55. The minimum atomic E-state index is -1.36. The molecule has 41 heavy (non-hydrogen) atoms. The van der Waals surface area contributed by atoms with E-state index in [0.717, 1.165) is 25.0 Å². The molecular formula is C30H45NO10. The van der Waals surface area contributed by atoms with Gasteiger partial charge in [-0.25, -0.2) is 14.4 Å². The van der Waals surface area contributed by atoms with E-state index in [2.05, 4.69) is 11.4 Å². The summed E-state index contributed by atoms with van der Waals surface area (Å²) in [4.78, 5) is 48.2. The van der Waals surface area contributed by atoms with Gasteiger partial charge in [0.2, 0.25) is 5.91 Å². The Morgan fingerprint density at radius 3 is 2.49 bits per heavy atom. The van der Waals surface area contributed by atoms with E-state index in [9.17, 15) is 29.4 Å². The number of carboxylic acid groups (broad SMARTS) is 1. The molecule has 1 amide bonds. The van der Waals surface area contributed by atoms with Crippen molar-refractivity contribution in [3.05, 3.63) is 36.0 Å². The fourth-order valence-electron chi connectivity index (χ4n) is 5.36. The molecule has 11 heteroatoms. The van der Waals surface area contributed by atoms with Crippen LogP contribution in [0.15, 0.2) is 36.0 Å². The maximum Gasteiger partial charge on any atom is 0.330 e. The number of rotatable bonds is 13. The van der Waals surface area contributed by atoms with Crippen LogP contribution < -0.4 is 5.32 Å². The topological polar surface area (TPSA) is 169 Å². The highest BCUT2D eigenvalue weighted by Crippen LogP contribution is 2.55. The van der Waals surface area contributed by atoms with Crippen molar-refractivity contribution in [2.45, 2.75) is 91.1 Å². The molecule has 1 heterocycles. The van der Waals surface area contributed by atoms with Crippen LogP contribution in [0.1, 0.15) is 66.7 Å². The molecule has 5 unspecified atom stereocenters. The fourth-order valence-corrected chi connectivity index (χ4v) is 5.36. The highest BCUT2D eigenvalue weighted by Gasteiger charge is 2.56. The maximum atomic E-state index is 13.5. The minimum absolute atomic E-state index is 0.0263. The number of nitrogens with one attached hydrogen (secondary N) is 1. The Morgan fingerprint density at radius 1 is 1.17 bits per heavy atom. The number of amides is 1. The lowest BCUT2D eigenvalue weighted by molar-refractivity contribution is -0.170. The molecule has 0 aromatic rings. The summed E-state index contributed by atoms with van der Waals surface area (Å²) < 4.78 is 17.4. The summed E-state index contributed by atoms with van der Waals surface area (Å²) >= 11 is 0. The number of ether oxygens (including phenoxy) is 3. The number of carbonyl (C=O) groups excluding carboxylic acids is 3. The Hall–Kier alpha value is -3.02. The van der Waals surface area contributed by atoms with Crippen molar-refractivity contribution in [2.75, 3.05) is 19.8 Å². The summed E-state index contributed by atoms with van der Waals surface area (Å²) in [5.41, 5.74) is -0.0873. The van der Waals surface area contributed by atoms with Crippen LogP contribution in [0, 0.1) is 16.7 Å². The van der Waals surface area contributed by atoms with Gasteiger partial charge in [-0.1, -0.05) is 37.6 Å². The molecule has 7 atom stereocenters. The molecule has 0 radical (unpaired) electrons. The molecule has 2 aliphatic rings. The highest BCUT2D eigenvalue weighted by molar-refractivity contribution is 5.87.